The summed E-state index contributed by atoms with van der Waals surface area (Å²) in [4.78, 5) is 13.5. The van der Waals surface area contributed by atoms with Gasteiger partial charge >= 0.3 is 0 Å². The number of carbonyl (C=O) groups is 1. The highest BCUT2D eigenvalue weighted by atomic mass is 35.5. The average Bonchev–Trinajstić information content (AvgIpc) is 3.24. The van der Waals surface area contributed by atoms with Crippen molar-refractivity contribution in [3.05, 3.63) is 92.4 Å². The van der Waals surface area contributed by atoms with Crippen LogP contribution < -0.4 is 9.47 Å². The summed E-state index contributed by atoms with van der Waals surface area (Å²) in [5, 5.41) is 7.98. The Labute approximate surface area is 200 Å². The molecule has 0 aliphatic carbocycles. The third kappa shape index (κ3) is 3.71. The van der Waals surface area contributed by atoms with E-state index in [9.17, 15) is 4.79 Å². The summed E-state index contributed by atoms with van der Waals surface area (Å²) in [5.74, 6) is 0.892. The maximum absolute atomic E-state index is 13.5. The standard InChI is InChI=1S/C24H17Cl3N2O3/c1-31-17-8-4-14(5-9-17)22(30)24-29-21(18-10-16(26)11-19(27)23(18)32-24)12-20(28-29)13-2-6-15(25)7-3-13/h2-11,21,24H,12H2,1H3/t21-,24-/m0/s1. The van der Waals surface area contributed by atoms with Gasteiger partial charge in [-0.3, -0.25) is 4.79 Å². The van der Waals surface area contributed by atoms with Crippen LogP contribution in [0.5, 0.6) is 11.5 Å². The number of fused-ring (bicyclic) bond motifs is 3. The molecule has 8 heteroatoms. The number of ether oxygens (including phenoxy) is 2. The van der Waals surface area contributed by atoms with Crippen molar-refractivity contribution >= 4 is 46.3 Å². The number of carbonyl (C=O) groups excluding carboxylic acids is 1. The molecular weight excluding hydrogens is 471 g/mol. The fraction of sp³-hybridized carbons (Fsp3) is 0.167. The van der Waals surface area contributed by atoms with E-state index in [1.165, 1.54) is 0 Å². The van der Waals surface area contributed by atoms with Crippen LogP contribution in [0.15, 0.2) is 65.8 Å². The van der Waals surface area contributed by atoms with Crippen molar-refractivity contribution in [2.75, 3.05) is 7.11 Å². The number of halogens is 3. The van der Waals surface area contributed by atoms with Gasteiger partial charge in [-0.25, -0.2) is 5.01 Å². The molecule has 5 nitrogen and oxygen atoms in total. The Hall–Kier alpha value is -2.73. The largest absolute Gasteiger partial charge is 0.497 e. The van der Waals surface area contributed by atoms with E-state index in [-0.39, 0.29) is 11.8 Å². The Morgan fingerprint density at radius 3 is 2.44 bits per heavy atom. The lowest BCUT2D eigenvalue weighted by Crippen LogP contribution is -2.46. The molecule has 0 spiro atoms. The van der Waals surface area contributed by atoms with Crippen molar-refractivity contribution in [3.8, 4) is 11.5 Å². The number of hydrogen-bond donors (Lipinski definition) is 0. The second-order valence-electron chi connectivity index (χ2n) is 7.52. The molecule has 0 radical (unpaired) electrons. The van der Waals surface area contributed by atoms with E-state index >= 15 is 0 Å². The molecule has 2 aliphatic rings. The number of ketones is 1. The van der Waals surface area contributed by atoms with Crippen molar-refractivity contribution in [1.29, 1.82) is 0 Å². The molecule has 32 heavy (non-hydrogen) atoms. The molecule has 162 valence electrons. The van der Waals surface area contributed by atoms with Crippen molar-refractivity contribution in [2.45, 2.75) is 18.7 Å². The Balaban J connectivity index is 1.57. The van der Waals surface area contributed by atoms with E-state index in [4.69, 9.17) is 49.4 Å². The number of Topliss-reactive ketones (excluding diaryl/α,β-unsaturated/α-hetero) is 1. The first-order chi connectivity index (χ1) is 15.4. The third-order valence-electron chi connectivity index (χ3n) is 5.58. The highest BCUT2D eigenvalue weighted by Gasteiger charge is 2.44. The zero-order valence-corrected chi connectivity index (χ0v) is 19.2. The van der Waals surface area contributed by atoms with E-state index in [2.05, 4.69) is 0 Å². The maximum Gasteiger partial charge on any atom is 0.251 e. The molecule has 3 aromatic carbocycles. The summed E-state index contributed by atoms with van der Waals surface area (Å²) in [7, 11) is 1.58. The molecule has 5 rings (SSSR count). The third-order valence-corrected chi connectivity index (χ3v) is 6.34. The monoisotopic (exact) mass is 486 g/mol. The SMILES string of the molecule is COc1ccc(C(=O)[C@@H]2Oc3c(Cl)cc(Cl)cc3[C@@H]3CC(c4ccc(Cl)cc4)=NN23)cc1. The number of hydrazone groups is 1. The zero-order chi connectivity index (χ0) is 22.4. The second kappa shape index (κ2) is 8.32. The van der Waals surface area contributed by atoms with Gasteiger partial charge in [0.05, 0.1) is 23.9 Å². The first-order valence-corrected chi connectivity index (χ1v) is 11.0. The minimum absolute atomic E-state index is 0.226. The van der Waals surface area contributed by atoms with Gasteiger partial charge in [-0.1, -0.05) is 46.9 Å². The van der Waals surface area contributed by atoms with Gasteiger partial charge < -0.3 is 9.47 Å². The van der Waals surface area contributed by atoms with Crippen molar-refractivity contribution in [3.63, 3.8) is 0 Å². The summed E-state index contributed by atoms with van der Waals surface area (Å²) < 4.78 is 11.3. The molecule has 0 aromatic heterocycles. The molecule has 2 aliphatic heterocycles. The maximum atomic E-state index is 13.5. The minimum Gasteiger partial charge on any atom is -0.497 e. The van der Waals surface area contributed by atoms with E-state index in [0.717, 1.165) is 16.8 Å². The molecule has 0 saturated carbocycles. The first kappa shape index (κ1) is 21.1. The van der Waals surface area contributed by atoms with Gasteiger partial charge in [-0.15, -0.1) is 0 Å². The van der Waals surface area contributed by atoms with Crippen LogP contribution in [0.2, 0.25) is 15.1 Å². The first-order valence-electron chi connectivity index (χ1n) is 9.90. The Morgan fingerprint density at radius 2 is 1.75 bits per heavy atom. The fourth-order valence-electron chi connectivity index (χ4n) is 4.00. The highest BCUT2D eigenvalue weighted by molar-refractivity contribution is 6.35. The van der Waals surface area contributed by atoms with Crippen LogP contribution >= 0.6 is 34.8 Å². The number of rotatable bonds is 4. The predicted molar refractivity (Wildman–Crippen MR) is 125 cm³/mol. The molecule has 2 atom stereocenters. The molecule has 0 unspecified atom stereocenters. The van der Waals surface area contributed by atoms with E-state index < -0.39 is 6.23 Å². The van der Waals surface area contributed by atoms with Crippen molar-refractivity contribution < 1.29 is 14.3 Å². The van der Waals surface area contributed by atoms with Crippen LogP contribution in [-0.4, -0.2) is 29.8 Å². The van der Waals surface area contributed by atoms with Gasteiger partial charge in [0.2, 0.25) is 5.78 Å². The fourth-order valence-corrected chi connectivity index (χ4v) is 4.68. The molecule has 3 aromatic rings. The van der Waals surface area contributed by atoms with Crippen LogP contribution in [0.3, 0.4) is 0 Å². The van der Waals surface area contributed by atoms with Gasteiger partial charge in [0, 0.05) is 27.6 Å². The normalized spacial score (nSPS) is 19.0. The second-order valence-corrected chi connectivity index (χ2v) is 8.80. The lowest BCUT2D eigenvalue weighted by molar-refractivity contribution is -0.00448. The molecular formula is C24H17Cl3N2O3. The van der Waals surface area contributed by atoms with Gasteiger partial charge in [0.25, 0.3) is 6.23 Å². The topological polar surface area (TPSA) is 51.1 Å². The highest BCUT2D eigenvalue weighted by Crippen LogP contribution is 2.47. The Morgan fingerprint density at radius 1 is 1.03 bits per heavy atom. The molecule has 0 N–H and O–H groups in total. The minimum atomic E-state index is -0.968. The Bertz CT molecular complexity index is 1230. The van der Waals surface area contributed by atoms with Gasteiger partial charge in [0.1, 0.15) is 11.5 Å². The molecule has 0 amide bonds. The van der Waals surface area contributed by atoms with Gasteiger partial charge in [-0.05, 0) is 54.1 Å². The number of methoxy groups -OCH3 is 1. The summed E-state index contributed by atoms with van der Waals surface area (Å²) in [6.07, 6.45) is -0.398. The van der Waals surface area contributed by atoms with Crippen molar-refractivity contribution in [1.82, 2.24) is 5.01 Å². The van der Waals surface area contributed by atoms with Crippen LogP contribution in [0.4, 0.5) is 0 Å². The lowest BCUT2D eigenvalue weighted by atomic mass is 9.95. The average molecular weight is 488 g/mol. The molecule has 0 fully saturated rings. The summed E-state index contributed by atoms with van der Waals surface area (Å²) in [6.45, 7) is 0. The summed E-state index contributed by atoms with van der Waals surface area (Å²) >= 11 is 18.8. The molecule has 0 saturated heterocycles. The van der Waals surface area contributed by atoms with Crippen molar-refractivity contribution in [2.24, 2.45) is 5.10 Å². The van der Waals surface area contributed by atoms with Crippen LogP contribution in [0, 0.1) is 0 Å². The molecule has 0 bridgehead atoms. The Kier molecular flexibility index (Phi) is 5.49. The quantitative estimate of drug-likeness (QED) is 0.399. The summed E-state index contributed by atoms with van der Waals surface area (Å²) in [5.41, 5.74) is 3.04. The zero-order valence-electron chi connectivity index (χ0n) is 16.9. The predicted octanol–water partition coefficient (Wildman–Crippen LogP) is 6.41. The van der Waals surface area contributed by atoms with E-state index in [0.29, 0.717) is 38.6 Å². The lowest BCUT2D eigenvalue weighted by Gasteiger charge is -2.37. The van der Waals surface area contributed by atoms with E-state index in [1.54, 1.807) is 42.5 Å². The van der Waals surface area contributed by atoms with Crippen LogP contribution in [-0.2, 0) is 0 Å². The molecule has 2 heterocycles. The van der Waals surface area contributed by atoms with Crippen LogP contribution in [0.1, 0.15) is 33.9 Å². The smallest absolute Gasteiger partial charge is 0.251 e. The number of benzene rings is 3. The number of nitrogens with zero attached hydrogens (tertiary/aromatic N) is 2. The van der Waals surface area contributed by atoms with Crippen LogP contribution in [0.25, 0.3) is 0 Å². The van der Waals surface area contributed by atoms with Gasteiger partial charge in [0.15, 0.2) is 0 Å². The van der Waals surface area contributed by atoms with E-state index in [1.807, 2.05) is 30.3 Å². The van der Waals surface area contributed by atoms with Gasteiger partial charge in [-0.2, -0.15) is 5.10 Å². The summed E-state index contributed by atoms with van der Waals surface area (Å²) in [6, 6.07) is 17.5. The number of hydrogen-bond acceptors (Lipinski definition) is 5.